The first-order valence-corrected chi connectivity index (χ1v) is 10.9. The van der Waals surface area contributed by atoms with E-state index in [1.54, 1.807) is 48.5 Å². The lowest BCUT2D eigenvalue weighted by atomic mass is 10.1. The lowest BCUT2D eigenvalue weighted by molar-refractivity contribution is -0.114. The summed E-state index contributed by atoms with van der Waals surface area (Å²) in [5, 5.41) is 3.13. The molecule has 5 nitrogen and oxygen atoms in total. The molecule has 0 bridgehead atoms. The van der Waals surface area contributed by atoms with Gasteiger partial charge in [0.1, 0.15) is 6.54 Å². The molecule has 150 valence electrons. The highest BCUT2D eigenvalue weighted by Gasteiger charge is 2.27. The maximum Gasteiger partial charge on any atom is 0.264 e. The van der Waals surface area contributed by atoms with Gasteiger partial charge in [0.2, 0.25) is 5.91 Å². The van der Waals surface area contributed by atoms with E-state index in [9.17, 15) is 13.2 Å². The fourth-order valence-corrected chi connectivity index (χ4v) is 4.44. The number of aryl methyl sites for hydroxylation is 1. The zero-order valence-electron chi connectivity index (χ0n) is 15.9. The maximum atomic E-state index is 13.2. The molecule has 0 saturated carbocycles. The quantitative estimate of drug-likeness (QED) is 0.591. The van der Waals surface area contributed by atoms with E-state index in [1.165, 1.54) is 18.2 Å². The van der Waals surface area contributed by atoms with Crippen LogP contribution in [0.25, 0.3) is 0 Å². The number of hydrogen-bond acceptors (Lipinski definition) is 3. The summed E-state index contributed by atoms with van der Waals surface area (Å²) in [6, 6.07) is 21.9. The second-order valence-corrected chi connectivity index (χ2v) is 8.70. The number of carbonyl (C=O) groups is 1. The predicted octanol–water partition coefficient (Wildman–Crippen LogP) is 4.74. The van der Waals surface area contributed by atoms with E-state index in [-0.39, 0.29) is 11.4 Å². The topological polar surface area (TPSA) is 66.5 Å². The molecule has 3 aromatic rings. The van der Waals surface area contributed by atoms with Crippen LogP contribution in [0.4, 0.5) is 11.4 Å². The number of amides is 1. The number of sulfonamides is 1. The molecule has 1 N–H and O–H groups in total. The molecular formula is C22H21ClN2O3S. The van der Waals surface area contributed by atoms with E-state index in [1.807, 2.05) is 19.1 Å². The summed E-state index contributed by atoms with van der Waals surface area (Å²) in [5.74, 6) is -0.450. The Labute approximate surface area is 176 Å². The van der Waals surface area contributed by atoms with Crippen LogP contribution in [0.15, 0.2) is 83.8 Å². The highest BCUT2D eigenvalue weighted by molar-refractivity contribution is 7.92. The molecule has 0 saturated heterocycles. The number of halogens is 1. The summed E-state index contributed by atoms with van der Waals surface area (Å²) >= 11 is 6.06. The van der Waals surface area contributed by atoms with Crippen LogP contribution in [0.5, 0.6) is 0 Å². The lowest BCUT2D eigenvalue weighted by Crippen LogP contribution is -2.38. The fraction of sp³-hybridized carbons (Fsp3) is 0.136. The van der Waals surface area contributed by atoms with E-state index in [0.29, 0.717) is 16.4 Å². The Hall–Kier alpha value is -2.83. The molecule has 7 heteroatoms. The monoisotopic (exact) mass is 428 g/mol. The van der Waals surface area contributed by atoms with Gasteiger partial charge in [-0.25, -0.2) is 8.42 Å². The molecule has 0 aliphatic heterocycles. The van der Waals surface area contributed by atoms with Gasteiger partial charge in [0, 0.05) is 10.7 Å². The van der Waals surface area contributed by atoms with E-state index in [0.717, 1.165) is 16.3 Å². The van der Waals surface area contributed by atoms with Crippen molar-refractivity contribution in [2.24, 2.45) is 0 Å². The number of carbonyl (C=O) groups excluding carboxylic acids is 1. The van der Waals surface area contributed by atoms with Crippen molar-refractivity contribution in [3.8, 4) is 0 Å². The molecule has 29 heavy (non-hydrogen) atoms. The van der Waals surface area contributed by atoms with Gasteiger partial charge in [-0.15, -0.1) is 0 Å². The molecule has 0 heterocycles. The van der Waals surface area contributed by atoms with Gasteiger partial charge < -0.3 is 5.32 Å². The van der Waals surface area contributed by atoms with Gasteiger partial charge in [0.15, 0.2) is 0 Å². The zero-order valence-corrected chi connectivity index (χ0v) is 17.5. The molecule has 0 aliphatic rings. The van der Waals surface area contributed by atoms with Crippen molar-refractivity contribution >= 4 is 38.9 Å². The Balaban J connectivity index is 1.90. The molecule has 0 aliphatic carbocycles. The van der Waals surface area contributed by atoms with Crippen LogP contribution in [-0.2, 0) is 21.2 Å². The average Bonchev–Trinajstić information content (AvgIpc) is 2.73. The molecule has 0 unspecified atom stereocenters. The van der Waals surface area contributed by atoms with Crippen LogP contribution in [-0.4, -0.2) is 20.9 Å². The number of nitrogens with one attached hydrogen (secondary N) is 1. The zero-order chi connectivity index (χ0) is 20.9. The van der Waals surface area contributed by atoms with Crippen LogP contribution in [0.1, 0.15) is 12.5 Å². The van der Waals surface area contributed by atoms with Crippen molar-refractivity contribution in [3.63, 3.8) is 0 Å². The Bertz CT molecular complexity index is 1080. The van der Waals surface area contributed by atoms with Crippen LogP contribution < -0.4 is 9.62 Å². The predicted molar refractivity (Wildman–Crippen MR) is 117 cm³/mol. The Morgan fingerprint density at radius 3 is 2.28 bits per heavy atom. The number of benzene rings is 3. The van der Waals surface area contributed by atoms with Gasteiger partial charge in [0.05, 0.1) is 10.6 Å². The first-order valence-electron chi connectivity index (χ1n) is 9.12. The van der Waals surface area contributed by atoms with Crippen molar-refractivity contribution in [3.05, 3.63) is 89.4 Å². The van der Waals surface area contributed by atoms with Crippen LogP contribution in [0.3, 0.4) is 0 Å². The summed E-state index contributed by atoms with van der Waals surface area (Å²) in [4.78, 5) is 12.8. The second-order valence-electron chi connectivity index (χ2n) is 6.40. The number of hydrogen-bond donors (Lipinski definition) is 1. The summed E-state index contributed by atoms with van der Waals surface area (Å²) in [5.41, 5.74) is 2.07. The lowest BCUT2D eigenvalue weighted by Gasteiger charge is -2.24. The van der Waals surface area contributed by atoms with E-state index in [4.69, 9.17) is 11.6 Å². The second kappa shape index (κ2) is 9.11. The Kier molecular flexibility index (Phi) is 6.56. The van der Waals surface area contributed by atoms with Crippen LogP contribution in [0, 0.1) is 0 Å². The minimum absolute atomic E-state index is 0.0973. The fourth-order valence-electron chi connectivity index (χ4n) is 2.82. The van der Waals surface area contributed by atoms with Gasteiger partial charge in [-0.05, 0) is 54.4 Å². The highest BCUT2D eigenvalue weighted by atomic mass is 35.5. The highest BCUT2D eigenvalue weighted by Crippen LogP contribution is 2.26. The van der Waals surface area contributed by atoms with E-state index < -0.39 is 15.9 Å². The van der Waals surface area contributed by atoms with Crippen molar-refractivity contribution in [2.75, 3.05) is 16.2 Å². The van der Waals surface area contributed by atoms with Crippen LogP contribution >= 0.6 is 11.6 Å². The minimum atomic E-state index is -3.96. The minimum Gasteiger partial charge on any atom is -0.325 e. The first-order chi connectivity index (χ1) is 13.9. The third-order valence-electron chi connectivity index (χ3n) is 4.36. The standard InChI is InChI=1S/C22H21ClN2O3S/c1-2-17-11-13-19(14-12-17)24-22(26)16-25(20-8-6-7-18(23)15-20)29(27,28)21-9-4-3-5-10-21/h3-15H,2,16H2,1H3,(H,24,26). The van der Waals surface area contributed by atoms with Crippen molar-refractivity contribution in [2.45, 2.75) is 18.2 Å². The van der Waals surface area contributed by atoms with Gasteiger partial charge in [-0.1, -0.05) is 54.9 Å². The third kappa shape index (κ3) is 5.16. The van der Waals surface area contributed by atoms with Crippen molar-refractivity contribution < 1.29 is 13.2 Å². The molecule has 0 spiro atoms. The molecular weight excluding hydrogens is 408 g/mol. The summed E-state index contributed by atoms with van der Waals surface area (Å²) < 4.78 is 27.5. The maximum absolute atomic E-state index is 13.2. The van der Waals surface area contributed by atoms with E-state index >= 15 is 0 Å². The van der Waals surface area contributed by atoms with Gasteiger partial charge >= 0.3 is 0 Å². The number of anilines is 2. The molecule has 1 amide bonds. The summed E-state index contributed by atoms with van der Waals surface area (Å²) in [6.07, 6.45) is 0.895. The largest absolute Gasteiger partial charge is 0.325 e. The molecule has 0 aromatic heterocycles. The summed E-state index contributed by atoms with van der Waals surface area (Å²) in [7, 11) is -3.96. The smallest absolute Gasteiger partial charge is 0.264 e. The van der Waals surface area contributed by atoms with Gasteiger partial charge in [-0.2, -0.15) is 0 Å². The van der Waals surface area contributed by atoms with Gasteiger partial charge in [-0.3, -0.25) is 9.10 Å². The number of rotatable bonds is 7. The van der Waals surface area contributed by atoms with Crippen molar-refractivity contribution in [1.29, 1.82) is 0 Å². The first kappa shape index (κ1) is 20.9. The Morgan fingerprint density at radius 1 is 0.966 bits per heavy atom. The Morgan fingerprint density at radius 2 is 1.66 bits per heavy atom. The SMILES string of the molecule is CCc1ccc(NC(=O)CN(c2cccc(Cl)c2)S(=O)(=O)c2ccccc2)cc1. The van der Waals surface area contributed by atoms with E-state index in [2.05, 4.69) is 5.32 Å². The van der Waals surface area contributed by atoms with Crippen molar-refractivity contribution in [1.82, 2.24) is 0 Å². The molecule has 0 atom stereocenters. The molecule has 0 radical (unpaired) electrons. The average molecular weight is 429 g/mol. The van der Waals surface area contributed by atoms with Gasteiger partial charge in [0.25, 0.3) is 10.0 Å². The van der Waals surface area contributed by atoms with Crippen LogP contribution in [0.2, 0.25) is 5.02 Å². The summed E-state index contributed by atoms with van der Waals surface area (Å²) in [6.45, 7) is 1.66. The number of nitrogens with zero attached hydrogens (tertiary/aromatic N) is 1. The third-order valence-corrected chi connectivity index (χ3v) is 6.38. The normalized spacial score (nSPS) is 11.1. The molecule has 0 fully saturated rings. The molecule has 3 aromatic carbocycles. The molecule has 3 rings (SSSR count).